The van der Waals surface area contributed by atoms with Crippen LogP contribution in [0, 0.1) is 6.92 Å². The van der Waals surface area contributed by atoms with E-state index in [0.29, 0.717) is 16.3 Å². The number of anilines is 1. The molecule has 0 atom stereocenters. The summed E-state index contributed by atoms with van der Waals surface area (Å²) in [6, 6.07) is 11.1. The van der Waals surface area contributed by atoms with Gasteiger partial charge in [0.25, 0.3) is 5.91 Å². The highest BCUT2D eigenvalue weighted by Gasteiger charge is 2.18. The molecular weight excluding hydrogens is 390 g/mol. The second-order valence-corrected chi connectivity index (χ2v) is 7.79. The van der Waals surface area contributed by atoms with Gasteiger partial charge in [0.2, 0.25) is 10.0 Å². The Balaban J connectivity index is 1.98. The molecule has 9 heteroatoms. The second kappa shape index (κ2) is 7.15. The Morgan fingerprint density at radius 3 is 2.59 bits per heavy atom. The lowest BCUT2D eigenvalue weighted by Gasteiger charge is -2.12. The van der Waals surface area contributed by atoms with E-state index in [0.717, 1.165) is 10.9 Å². The number of carbonyl (C=O) groups excluding carboxylic acids is 1. The van der Waals surface area contributed by atoms with Crippen LogP contribution in [-0.4, -0.2) is 26.4 Å². The van der Waals surface area contributed by atoms with Crippen molar-refractivity contribution < 1.29 is 17.9 Å². The van der Waals surface area contributed by atoms with E-state index in [1.165, 1.54) is 25.3 Å². The number of hydrogen-bond acceptors (Lipinski definition) is 5. The minimum atomic E-state index is -4.01. The van der Waals surface area contributed by atoms with E-state index in [9.17, 15) is 13.2 Å². The number of primary sulfonamides is 1. The van der Waals surface area contributed by atoms with Gasteiger partial charge in [0.1, 0.15) is 10.6 Å². The smallest absolute Gasteiger partial charge is 0.257 e. The number of amides is 1. The predicted molar refractivity (Wildman–Crippen MR) is 104 cm³/mol. The zero-order valence-electron chi connectivity index (χ0n) is 14.5. The molecule has 1 aromatic heterocycles. The van der Waals surface area contributed by atoms with Gasteiger partial charge in [-0.05, 0) is 49.4 Å². The van der Waals surface area contributed by atoms with E-state index in [-0.39, 0.29) is 16.3 Å². The first kappa shape index (κ1) is 19.1. The van der Waals surface area contributed by atoms with Gasteiger partial charge in [0.15, 0.2) is 0 Å². The maximum absolute atomic E-state index is 12.7. The number of sulfonamides is 1. The fraction of sp³-hybridized carbons (Fsp3) is 0.111. The van der Waals surface area contributed by atoms with Crippen LogP contribution in [0.5, 0.6) is 5.75 Å². The molecule has 0 saturated heterocycles. The fourth-order valence-corrected chi connectivity index (χ4v) is 3.55. The molecule has 0 spiro atoms. The van der Waals surface area contributed by atoms with E-state index >= 15 is 0 Å². The van der Waals surface area contributed by atoms with Gasteiger partial charge in [-0.15, -0.1) is 0 Å². The molecule has 3 rings (SSSR count). The van der Waals surface area contributed by atoms with Crippen molar-refractivity contribution in [2.24, 2.45) is 5.14 Å². The van der Waals surface area contributed by atoms with Crippen molar-refractivity contribution in [1.82, 2.24) is 4.98 Å². The molecule has 3 aromatic rings. The number of rotatable bonds is 4. The Morgan fingerprint density at radius 1 is 1.19 bits per heavy atom. The molecule has 0 saturated carbocycles. The summed E-state index contributed by atoms with van der Waals surface area (Å²) in [6.07, 6.45) is 0. The van der Waals surface area contributed by atoms with Crippen molar-refractivity contribution in [3.05, 3.63) is 58.7 Å². The number of carbonyl (C=O) groups is 1. The minimum Gasteiger partial charge on any atom is -0.495 e. The van der Waals surface area contributed by atoms with Gasteiger partial charge < -0.3 is 10.1 Å². The number of aryl methyl sites for hydroxylation is 1. The molecule has 1 amide bonds. The Morgan fingerprint density at radius 2 is 1.93 bits per heavy atom. The van der Waals surface area contributed by atoms with Gasteiger partial charge in [-0.2, -0.15) is 0 Å². The number of halogens is 1. The van der Waals surface area contributed by atoms with Gasteiger partial charge in [0.05, 0.1) is 23.9 Å². The number of nitrogens with one attached hydrogen (secondary N) is 1. The molecule has 0 fully saturated rings. The van der Waals surface area contributed by atoms with Crippen LogP contribution in [0.25, 0.3) is 10.9 Å². The Kier molecular flexibility index (Phi) is 5.05. The first-order valence-corrected chi connectivity index (χ1v) is 9.70. The van der Waals surface area contributed by atoms with E-state index in [4.69, 9.17) is 21.5 Å². The minimum absolute atomic E-state index is 0.0914. The number of nitrogens with two attached hydrogens (primary N) is 1. The van der Waals surface area contributed by atoms with Gasteiger partial charge in [-0.3, -0.25) is 9.78 Å². The molecule has 3 N–H and O–H groups in total. The summed E-state index contributed by atoms with van der Waals surface area (Å²) in [7, 11) is -2.68. The van der Waals surface area contributed by atoms with E-state index in [1.54, 1.807) is 31.2 Å². The molecule has 0 aliphatic heterocycles. The highest BCUT2D eigenvalue weighted by molar-refractivity contribution is 7.89. The predicted octanol–water partition coefficient (Wildman–Crippen LogP) is 3.10. The highest BCUT2D eigenvalue weighted by Crippen LogP contribution is 2.27. The number of fused-ring (bicyclic) bond motifs is 1. The van der Waals surface area contributed by atoms with E-state index < -0.39 is 15.9 Å². The topological polar surface area (TPSA) is 111 Å². The largest absolute Gasteiger partial charge is 0.495 e. The SMILES string of the molecule is COc1ccc(NC(=O)c2cc3cc(Cl)ccc3nc2C)cc1S(N)(=O)=O. The molecule has 0 bridgehead atoms. The molecule has 0 aliphatic rings. The lowest BCUT2D eigenvalue weighted by Crippen LogP contribution is -2.16. The second-order valence-electron chi connectivity index (χ2n) is 5.82. The maximum atomic E-state index is 12.7. The van der Waals surface area contributed by atoms with Gasteiger partial charge in [0, 0.05) is 16.1 Å². The number of benzene rings is 2. The van der Waals surface area contributed by atoms with Crippen LogP contribution in [0.2, 0.25) is 5.02 Å². The third-order valence-electron chi connectivity index (χ3n) is 3.94. The summed E-state index contributed by atoms with van der Waals surface area (Å²) in [5, 5.41) is 9.11. The summed E-state index contributed by atoms with van der Waals surface area (Å²) in [5.74, 6) is -0.346. The summed E-state index contributed by atoms with van der Waals surface area (Å²) < 4.78 is 28.4. The van der Waals surface area contributed by atoms with Crippen LogP contribution in [-0.2, 0) is 10.0 Å². The third kappa shape index (κ3) is 4.02. The lowest BCUT2D eigenvalue weighted by molar-refractivity contribution is 0.102. The number of pyridine rings is 1. The van der Waals surface area contributed by atoms with Crippen LogP contribution in [0.1, 0.15) is 16.1 Å². The van der Waals surface area contributed by atoms with Crippen LogP contribution in [0.15, 0.2) is 47.4 Å². The van der Waals surface area contributed by atoms with Crippen molar-refractivity contribution in [2.45, 2.75) is 11.8 Å². The van der Waals surface area contributed by atoms with Crippen molar-refractivity contribution in [3.63, 3.8) is 0 Å². The van der Waals surface area contributed by atoms with Crippen LogP contribution in [0.3, 0.4) is 0 Å². The van der Waals surface area contributed by atoms with Crippen molar-refractivity contribution in [3.8, 4) is 5.75 Å². The Labute approximate surface area is 161 Å². The number of hydrogen-bond donors (Lipinski definition) is 2. The number of aromatic nitrogens is 1. The number of methoxy groups -OCH3 is 1. The third-order valence-corrected chi connectivity index (χ3v) is 5.11. The zero-order valence-corrected chi connectivity index (χ0v) is 16.1. The van der Waals surface area contributed by atoms with Gasteiger partial charge >= 0.3 is 0 Å². The molecule has 0 radical (unpaired) electrons. The molecular formula is C18H16ClN3O4S. The summed E-state index contributed by atoms with van der Waals surface area (Å²) in [5.41, 5.74) is 1.85. The fourth-order valence-electron chi connectivity index (χ4n) is 2.65. The van der Waals surface area contributed by atoms with Crippen molar-refractivity contribution >= 4 is 44.1 Å². The monoisotopic (exact) mass is 405 g/mol. The molecule has 1 heterocycles. The van der Waals surface area contributed by atoms with Gasteiger partial charge in [-0.25, -0.2) is 13.6 Å². The van der Waals surface area contributed by atoms with Crippen LogP contribution >= 0.6 is 11.6 Å². The summed E-state index contributed by atoms with van der Waals surface area (Å²) in [6.45, 7) is 1.72. The van der Waals surface area contributed by atoms with Crippen molar-refractivity contribution in [2.75, 3.05) is 12.4 Å². The summed E-state index contributed by atoms with van der Waals surface area (Å²) >= 11 is 6.00. The van der Waals surface area contributed by atoms with Crippen LogP contribution < -0.4 is 15.2 Å². The Hall–Kier alpha value is -2.68. The van der Waals surface area contributed by atoms with Crippen molar-refractivity contribution in [1.29, 1.82) is 0 Å². The lowest BCUT2D eigenvalue weighted by atomic mass is 10.1. The van der Waals surface area contributed by atoms with Gasteiger partial charge in [-0.1, -0.05) is 11.6 Å². The normalized spacial score (nSPS) is 11.4. The first-order chi connectivity index (χ1) is 12.7. The molecule has 0 unspecified atom stereocenters. The molecule has 140 valence electrons. The van der Waals surface area contributed by atoms with Crippen LogP contribution in [0.4, 0.5) is 5.69 Å². The zero-order chi connectivity index (χ0) is 19.8. The van der Waals surface area contributed by atoms with E-state index in [2.05, 4.69) is 10.3 Å². The standard InChI is InChI=1S/C18H16ClN3O4S/c1-10-14(8-11-7-12(19)3-5-15(11)21-10)18(23)22-13-4-6-16(26-2)17(9-13)27(20,24)25/h3-9H,1-2H3,(H,22,23)(H2,20,24,25). The number of nitrogens with zero attached hydrogens (tertiary/aromatic N) is 1. The molecule has 27 heavy (non-hydrogen) atoms. The quantitative estimate of drug-likeness (QED) is 0.692. The maximum Gasteiger partial charge on any atom is 0.257 e. The highest BCUT2D eigenvalue weighted by atomic mass is 35.5. The number of ether oxygens (including phenoxy) is 1. The molecule has 7 nitrogen and oxygen atoms in total. The average Bonchev–Trinajstić information content (AvgIpc) is 2.60. The summed E-state index contributed by atoms with van der Waals surface area (Å²) in [4.78, 5) is 16.9. The molecule has 0 aliphatic carbocycles. The Bertz CT molecular complexity index is 1160. The van der Waals surface area contributed by atoms with E-state index in [1.807, 2.05) is 0 Å². The first-order valence-electron chi connectivity index (χ1n) is 7.78. The average molecular weight is 406 g/mol. The molecule has 2 aromatic carbocycles.